The van der Waals surface area contributed by atoms with Gasteiger partial charge in [-0.2, -0.15) is 5.10 Å². The van der Waals surface area contributed by atoms with Crippen LogP contribution in [-0.2, 0) is 0 Å². The number of anilines is 3. The van der Waals surface area contributed by atoms with Crippen molar-refractivity contribution in [3.05, 3.63) is 48.9 Å². The van der Waals surface area contributed by atoms with Gasteiger partial charge in [0.2, 0.25) is 0 Å². The molecule has 2 heterocycles. The first-order valence-corrected chi connectivity index (χ1v) is 6.58. The van der Waals surface area contributed by atoms with Gasteiger partial charge in [-0.3, -0.25) is 5.10 Å². The Morgan fingerprint density at radius 3 is 2.76 bits per heavy atom. The van der Waals surface area contributed by atoms with Crippen molar-refractivity contribution in [3.63, 3.8) is 0 Å². The largest absolute Gasteiger partial charge is 0.363 e. The number of hydrogen-bond acceptors (Lipinski definition) is 5. The third-order valence-electron chi connectivity index (χ3n) is 3.06. The van der Waals surface area contributed by atoms with Crippen LogP contribution in [0, 0.1) is 0 Å². The monoisotopic (exact) mass is 280 g/mol. The van der Waals surface area contributed by atoms with Gasteiger partial charge in [0.1, 0.15) is 18.0 Å². The quantitative estimate of drug-likeness (QED) is 0.769. The van der Waals surface area contributed by atoms with Crippen LogP contribution >= 0.6 is 0 Å². The molecule has 0 unspecified atom stereocenters. The molecule has 0 saturated carbocycles. The van der Waals surface area contributed by atoms with Crippen molar-refractivity contribution >= 4 is 17.3 Å². The zero-order chi connectivity index (χ0) is 14.7. The summed E-state index contributed by atoms with van der Waals surface area (Å²) in [7, 11) is 3.90. The minimum atomic E-state index is 0.760. The van der Waals surface area contributed by atoms with Crippen molar-refractivity contribution in [2.75, 3.05) is 24.3 Å². The Balaban J connectivity index is 1.85. The normalized spacial score (nSPS) is 10.4. The number of benzene rings is 1. The third kappa shape index (κ3) is 3.00. The molecule has 2 N–H and O–H groups in total. The molecular formula is C15H16N6. The highest BCUT2D eigenvalue weighted by molar-refractivity contribution is 5.68. The minimum Gasteiger partial charge on any atom is -0.363 e. The summed E-state index contributed by atoms with van der Waals surface area (Å²) in [5.74, 6) is 1.62. The molecule has 0 spiro atoms. The molecular weight excluding hydrogens is 264 g/mol. The van der Waals surface area contributed by atoms with Gasteiger partial charge in [0.25, 0.3) is 0 Å². The Kier molecular flexibility index (Phi) is 3.51. The summed E-state index contributed by atoms with van der Waals surface area (Å²) >= 11 is 0. The molecule has 6 nitrogen and oxygen atoms in total. The standard InChI is InChI=1S/C15H16N6/c1-21(2)15-9-14(16-10-17-15)19-12-5-3-4-11(8-12)13-6-7-18-20-13/h3-10H,1-2H3,(H,18,20)(H,16,17,19). The molecule has 21 heavy (non-hydrogen) atoms. The first-order valence-electron chi connectivity index (χ1n) is 6.58. The lowest BCUT2D eigenvalue weighted by Crippen LogP contribution is -2.11. The van der Waals surface area contributed by atoms with E-state index in [4.69, 9.17) is 0 Å². The molecule has 6 heteroatoms. The highest BCUT2D eigenvalue weighted by atomic mass is 15.2. The fourth-order valence-electron chi connectivity index (χ4n) is 1.99. The SMILES string of the molecule is CN(C)c1cc(Nc2cccc(-c3ccn[nH]3)c2)ncn1. The molecule has 0 amide bonds. The highest BCUT2D eigenvalue weighted by Crippen LogP contribution is 2.23. The summed E-state index contributed by atoms with van der Waals surface area (Å²) in [4.78, 5) is 10.4. The van der Waals surface area contributed by atoms with Crippen LogP contribution in [0.15, 0.2) is 48.9 Å². The number of aromatic amines is 1. The zero-order valence-corrected chi connectivity index (χ0v) is 11.9. The van der Waals surface area contributed by atoms with Gasteiger partial charge in [-0.25, -0.2) is 9.97 Å². The van der Waals surface area contributed by atoms with Crippen LogP contribution in [0.1, 0.15) is 0 Å². The van der Waals surface area contributed by atoms with E-state index >= 15 is 0 Å². The Labute approximate surface area is 122 Å². The second-order valence-electron chi connectivity index (χ2n) is 4.83. The van der Waals surface area contributed by atoms with Gasteiger partial charge in [0.15, 0.2) is 0 Å². The fraction of sp³-hybridized carbons (Fsp3) is 0.133. The lowest BCUT2D eigenvalue weighted by Gasteiger charge is -2.12. The first-order chi connectivity index (χ1) is 10.2. The lowest BCUT2D eigenvalue weighted by molar-refractivity contribution is 1.04. The van der Waals surface area contributed by atoms with Crippen molar-refractivity contribution in [3.8, 4) is 11.3 Å². The van der Waals surface area contributed by atoms with Crippen LogP contribution in [0.4, 0.5) is 17.3 Å². The van der Waals surface area contributed by atoms with Gasteiger partial charge in [0.05, 0.1) is 5.69 Å². The van der Waals surface area contributed by atoms with Crippen molar-refractivity contribution < 1.29 is 0 Å². The molecule has 1 aromatic carbocycles. The number of H-pyrrole nitrogens is 1. The maximum absolute atomic E-state index is 4.24. The minimum absolute atomic E-state index is 0.760. The van der Waals surface area contributed by atoms with E-state index in [1.54, 1.807) is 12.5 Å². The van der Waals surface area contributed by atoms with Gasteiger partial charge < -0.3 is 10.2 Å². The summed E-state index contributed by atoms with van der Waals surface area (Å²) in [5, 5.41) is 10.2. The van der Waals surface area contributed by atoms with Crippen molar-refractivity contribution in [2.24, 2.45) is 0 Å². The number of aromatic nitrogens is 4. The van der Waals surface area contributed by atoms with Gasteiger partial charge in [-0.15, -0.1) is 0 Å². The van der Waals surface area contributed by atoms with E-state index < -0.39 is 0 Å². The number of hydrogen-bond donors (Lipinski definition) is 2. The van der Waals surface area contributed by atoms with Crippen LogP contribution < -0.4 is 10.2 Å². The molecule has 0 saturated heterocycles. The van der Waals surface area contributed by atoms with E-state index in [1.165, 1.54) is 0 Å². The van der Waals surface area contributed by atoms with E-state index in [0.29, 0.717) is 0 Å². The molecule has 3 aromatic rings. The maximum atomic E-state index is 4.24. The van der Waals surface area contributed by atoms with E-state index in [1.807, 2.05) is 55.4 Å². The molecule has 3 rings (SSSR count). The number of nitrogens with zero attached hydrogens (tertiary/aromatic N) is 4. The Morgan fingerprint density at radius 2 is 2.00 bits per heavy atom. The van der Waals surface area contributed by atoms with Gasteiger partial charge >= 0.3 is 0 Å². The summed E-state index contributed by atoms with van der Waals surface area (Å²) in [6.45, 7) is 0. The topological polar surface area (TPSA) is 69.7 Å². The van der Waals surface area contributed by atoms with Crippen molar-refractivity contribution in [2.45, 2.75) is 0 Å². The smallest absolute Gasteiger partial charge is 0.135 e. The van der Waals surface area contributed by atoms with E-state index in [0.717, 1.165) is 28.6 Å². The first kappa shape index (κ1) is 13.1. The Hall–Kier alpha value is -2.89. The summed E-state index contributed by atoms with van der Waals surface area (Å²) in [5.41, 5.74) is 3.01. The van der Waals surface area contributed by atoms with Crippen LogP contribution in [0.5, 0.6) is 0 Å². The number of nitrogens with one attached hydrogen (secondary N) is 2. The molecule has 0 aliphatic carbocycles. The van der Waals surface area contributed by atoms with Crippen LogP contribution in [0.2, 0.25) is 0 Å². The van der Waals surface area contributed by atoms with Crippen molar-refractivity contribution in [1.29, 1.82) is 0 Å². The molecule has 0 aliphatic heterocycles. The van der Waals surface area contributed by atoms with Crippen LogP contribution in [-0.4, -0.2) is 34.3 Å². The average molecular weight is 280 g/mol. The second kappa shape index (κ2) is 5.62. The molecule has 0 bridgehead atoms. The predicted octanol–water partition coefficient (Wildman–Crippen LogP) is 2.68. The van der Waals surface area contributed by atoms with E-state index in [9.17, 15) is 0 Å². The average Bonchev–Trinajstić information content (AvgIpc) is 3.02. The maximum Gasteiger partial charge on any atom is 0.135 e. The molecule has 0 fully saturated rings. The summed E-state index contributed by atoms with van der Waals surface area (Å²) < 4.78 is 0. The van der Waals surface area contributed by atoms with E-state index in [2.05, 4.69) is 25.5 Å². The van der Waals surface area contributed by atoms with Gasteiger partial charge in [0, 0.05) is 37.6 Å². The summed E-state index contributed by atoms with van der Waals surface area (Å²) in [6.07, 6.45) is 3.29. The Morgan fingerprint density at radius 1 is 1.10 bits per heavy atom. The molecule has 0 radical (unpaired) electrons. The third-order valence-corrected chi connectivity index (χ3v) is 3.06. The highest BCUT2D eigenvalue weighted by Gasteiger charge is 2.03. The molecule has 106 valence electrons. The fourth-order valence-corrected chi connectivity index (χ4v) is 1.99. The summed E-state index contributed by atoms with van der Waals surface area (Å²) in [6, 6.07) is 11.9. The lowest BCUT2D eigenvalue weighted by atomic mass is 10.1. The predicted molar refractivity (Wildman–Crippen MR) is 83.7 cm³/mol. The van der Waals surface area contributed by atoms with Gasteiger partial charge in [-0.1, -0.05) is 12.1 Å². The Bertz CT molecular complexity index is 721. The molecule has 0 aliphatic rings. The molecule has 2 aromatic heterocycles. The van der Waals surface area contributed by atoms with E-state index in [-0.39, 0.29) is 0 Å². The van der Waals surface area contributed by atoms with Crippen LogP contribution in [0.3, 0.4) is 0 Å². The second-order valence-corrected chi connectivity index (χ2v) is 4.83. The van der Waals surface area contributed by atoms with Crippen molar-refractivity contribution in [1.82, 2.24) is 20.2 Å². The molecule has 0 atom stereocenters. The van der Waals surface area contributed by atoms with Gasteiger partial charge in [-0.05, 0) is 18.2 Å². The van der Waals surface area contributed by atoms with Crippen LogP contribution in [0.25, 0.3) is 11.3 Å². The number of rotatable bonds is 4. The zero-order valence-electron chi connectivity index (χ0n) is 11.9.